The van der Waals surface area contributed by atoms with Gasteiger partial charge in [-0.05, 0) is 38.0 Å². The summed E-state index contributed by atoms with van der Waals surface area (Å²) < 4.78 is 0. The Kier molecular flexibility index (Phi) is 7.29. The maximum atomic E-state index is 4.26. The van der Waals surface area contributed by atoms with Gasteiger partial charge in [0.25, 0.3) is 0 Å². The third-order valence-electron chi connectivity index (χ3n) is 3.70. The Bertz CT molecular complexity index is 206. The summed E-state index contributed by atoms with van der Waals surface area (Å²) in [6, 6.07) is 0. The van der Waals surface area contributed by atoms with Crippen molar-refractivity contribution < 1.29 is 0 Å². The number of allylic oxidation sites excluding steroid dienone is 3. The largest absolute Gasteiger partial charge is 0.0993 e. The van der Waals surface area contributed by atoms with Crippen molar-refractivity contribution in [1.82, 2.24) is 0 Å². The normalized spacial score (nSPS) is 18.1. The van der Waals surface area contributed by atoms with E-state index < -0.39 is 0 Å². The quantitative estimate of drug-likeness (QED) is 0.384. The van der Waals surface area contributed by atoms with Crippen LogP contribution in [0, 0.1) is 5.92 Å². The molecule has 0 amide bonds. The van der Waals surface area contributed by atoms with Gasteiger partial charge in [0, 0.05) is 0 Å². The second-order valence-electron chi connectivity index (χ2n) is 5.16. The number of unbranched alkanes of at least 4 members (excludes halogenated alkanes) is 3. The van der Waals surface area contributed by atoms with Gasteiger partial charge in [-0.2, -0.15) is 0 Å². The van der Waals surface area contributed by atoms with E-state index in [1.165, 1.54) is 63.4 Å². The summed E-state index contributed by atoms with van der Waals surface area (Å²) in [6.07, 6.45) is 18.2. The van der Waals surface area contributed by atoms with Gasteiger partial charge >= 0.3 is 0 Å². The molecule has 0 heteroatoms. The van der Waals surface area contributed by atoms with Gasteiger partial charge in [0.05, 0.1) is 0 Å². The minimum absolute atomic E-state index is 0.828. The average molecular weight is 220 g/mol. The van der Waals surface area contributed by atoms with Crippen LogP contribution in [0.1, 0.15) is 71.1 Å². The molecule has 92 valence electrons. The van der Waals surface area contributed by atoms with E-state index >= 15 is 0 Å². The monoisotopic (exact) mass is 220 g/mol. The van der Waals surface area contributed by atoms with Crippen LogP contribution in [0.5, 0.6) is 0 Å². The van der Waals surface area contributed by atoms with Crippen molar-refractivity contribution in [2.24, 2.45) is 5.92 Å². The highest BCUT2D eigenvalue weighted by Gasteiger charge is 2.14. The molecule has 0 aromatic carbocycles. The molecule has 0 atom stereocenters. The van der Waals surface area contributed by atoms with Gasteiger partial charge in [-0.3, -0.25) is 0 Å². The molecule has 0 heterocycles. The van der Waals surface area contributed by atoms with Crippen molar-refractivity contribution in [3.05, 3.63) is 24.3 Å². The summed E-state index contributed by atoms with van der Waals surface area (Å²) in [5, 5.41) is 0. The molecule has 0 unspecified atom stereocenters. The molecular weight excluding hydrogens is 192 g/mol. The molecule has 16 heavy (non-hydrogen) atoms. The summed E-state index contributed by atoms with van der Waals surface area (Å²) in [5.74, 6) is 0.828. The zero-order chi connectivity index (χ0) is 11.6. The van der Waals surface area contributed by atoms with Crippen molar-refractivity contribution in [3.63, 3.8) is 0 Å². The zero-order valence-corrected chi connectivity index (χ0v) is 11.0. The fourth-order valence-corrected chi connectivity index (χ4v) is 2.54. The third kappa shape index (κ3) is 5.53. The first-order valence-electron chi connectivity index (χ1n) is 7.17. The van der Waals surface area contributed by atoms with Crippen LogP contribution in [-0.2, 0) is 0 Å². The maximum absolute atomic E-state index is 4.26. The Morgan fingerprint density at radius 3 is 2.56 bits per heavy atom. The first-order valence-corrected chi connectivity index (χ1v) is 7.17. The van der Waals surface area contributed by atoms with E-state index in [-0.39, 0.29) is 0 Å². The summed E-state index contributed by atoms with van der Waals surface area (Å²) in [6.45, 7) is 6.52. The van der Waals surface area contributed by atoms with Crippen LogP contribution in [0.3, 0.4) is 0 Å². The van der Waals surface area contributed by atoms with Crippen LogP contribution in [0.25, 0.3) is 0 Å². The summed E-state index contributed by atoms with van der Waals surface area (Å²) >= 11 is 0. The van der Waals surface area contributed by atoms with Gasteiger partial charge in [0.15, 0.2) is 0 Å². The van der Waals surface area contributed by atoms with Gasteiger partial charge < -0.3 is 0 Å². The predicted octanol–water partition coefficient (Wildman–Crippen LogP) is 5.65. The molecule has 0 bridgehead atoms. The van der Waals surface area contributed by atoms with Crippen LogP contribution in [0.4, 0.5) is 0 Å². The summed E-state index contributed by atoms with van der Waals surface area (Å²) in [5.41, 5.74) is 1.48. The molecule has 0 saturated heterocycles. The molecule has 1 saturated carbocycles. The Hall–Kier alpha value is -0.520. The molecule has 0 aromatic rings. The maximum Gasteiger partial charge on any atom is -0.0139 e. The van der Waals surface area contributed by atoms with Crippen LogP contribution in [-0.4, -0.2) is 0 Å². The lowest BCUT2D eigenvalue weighted by molar-refractivity contribution is 0.400. The molecule has 1 aliphatic rings. The van der Waals surface area contributed by atoms with E-state index in [1.807, 2.05) is 0 Å². The molecule has 1 fully saturated rings. The molecule has 0 N–H and O–H groups in total. The van der Waals surface area contributed by atoms with E-state index in [0.717, 1.165) is 12.3 Å². The van der Waals surface area contributed by atoms with Crippen LogP contribution in [0.2, 0.25) is 0 Å². The van der Waals surface area contributed by atoms with Crippen molar-refractivity contribution in [3.8, 4) is 0 Å². The van der Waals surface area contributed by atoms with E-state index in [1.54, 1.807) is 0 Å². The van der Waals surface area contributed by atoms with E-state index in [0.29, 0.717) is 0 Å². The summed E-state index contributed by atoms with van der Waals surface area (Å²) in [7, 11) is 0. The van der Waals surface area contributed by atoms with Gasteiger partial charge in [-0.15, -0.1) is 0 Å². The Morgan fingerprint density at radius 1 is 1.12 bits per heavy atom. The highest BCUT2D eigenvalue weighted by molar-refractivity contribution is 5.07. The van der Waals surface area contributed by atoms with E-state index in [4.69, 9.17) is 0 Å². The second-order valence-corrected chi connectivity index (χ2v) is 5.16. The number of hydrogen-bond acceptors (Lipinski definition) is 0. The molecule has 0 aliphatic heterocycles. The molecule has 0 radical (unpaired) electrons. The molecular formula is C16H28. The Balaban J connectivity index is 2.08. The van der Waals surface area contributed by atoms with Crippen molar-refractivity contribution in [2.75, 3.05) is 0 Å². The second kappa shape index (κ2) is 8.61. The standard InChI is InChI=1S/C16H28/c1-3-4-5-6-7-9-12-15(2)16-13-10-8-11-14-16/h7,9,16H,2-6,8,10-14H2,1H3/b9-7+. The van der Waals surface area contributed by atoms with Crippen molar-refractivity contribution >= 4 is 0 Å². The Morgan fingerprint density at radius 2 is 1.88 bits per heavy atom. The molecule has 1 aliphatic carbocycles. The predicted molar refractivity (Wildman–Crippen MR) is 73.6 cm³/mol. The topological polar surface area (TPSA) is 0 Å². The molecule has 0 aromatic heterocycles. The fraction of sp³-hybridized carbons (Fsp3) is 0.750. The van der Waals surface area contributed by atoms with Crippen molar-refractivity contribution in [1.29, 1.82) is 0 Å². The van der Waals surface area contributed by atoms with Crippen molar-refractivity contribution in [2.45, 2.75) is 71.1 Å². The van der Waals surface area contributed by atoms with Gasteiger partial charge in [-0.25, -0.2) is 0 Å². The van der Waals surface area contributed by atoms with Gasteiger partial charge in [-0.1, -0.05) is 63.3 Å². The number of rotatable bonds is 7. The zero-order valence-electron chi connectivity index (χ0n) is 11.0. The third-order valence-corrected chi connectivity index (χ3v) is 3.70. The van der Waals surface area contributed by atoms with Crippen LogP contribution >= 0.6 is 0 Å². The lowest BCUT2D eigenvalue weighted by atomic mass is 9.83. The lowest BCUT2D eigenvalue weighted by Crippen LogP contribution is -2.07. The highest BCUT2D eigenvalue weighted by Crippen LogP contribution is 2.30. The number of hydrogen-bond donors (Lipinski definition) is 0. The highest BCUT2D eigenvalue weighted by atomic mass is 14.2. The summed E-state index contributed by atoms with van der Waals surface area (Å²) in [4.78, 5) is 0. The average Bonchev–Trinajstić information content (AvgIpc) is 2.34. The minimum atomic E-state index is 0.828. The smallest absolute Gasteiger partial charge is 0.0139 e. The molecule has 0 nitrogen and oxygen atoms in total. The van der Waals surface area contributed by atoms with E-state index in [2.05, 4.69) is 25.7 Å². The SMILES string of the molecule is C=C(C/C=C/CCCCC)C1CCCCC1. The lowest BCUT2D eigenvalue weighted by Gasteiger charge is -2.23. The minimum Gasteiger partial charge on any atom is -0.0993 e. The van der Waals surface area contributed by atoms with Gasteiger partial charge in [0.2, 0.25) is 0 Å². The van der Waals surface area contributed by atoms with Crippen LogP contribution < -0.4 is 0 Å². The fourth-order valence-electron chi connectivity index (χ4n) is 2.54. The van der Waals surface area contributed by atoms with Gasteiger partial charge in [0.1, 0.15) is 0 Å². The Labute approximate surface area is 102 Å². The van der Waals surface area contributed by atoms with E-state index in [9.17, 15) is 0 Å². The first-order chi connectivity index (χ1) is 7.84. The molecule has 1 rings (SSSR count). The molecule has 0 spiro atoms. The first kappa shape index (κ1) is 13.5. The van der Waals surface area contributed by atoms with Crippen LogP contribution in [0.15, 0.2) is 24.3 Å².